The molecule has 0 spiro atoms. The molecule has 0 aliphatic carbocycles. The summed E-state index contributed by atoms with van der Waals surface area (Å²) in [6.07, 6.45) is 2.20. The van der Waals surface area contributed by atoms with Crippen LogP contribution in [0.2, 0.25) is 0 Å². The molecule has 4 rings (SSSR count). The molecular weight excluding hydrogens is 409 g/mol. The van der Waals surface area contributed by atoms with E-state index in [1.807, 2.05) is 6.07 Å². The zero-order valence-electron chi connectivity index (χ0n) is 16.6. The number of pyridine rings is 2. The van der Waals surface area contributed by atoms with Crippen molar-refractivity contribution in [3.05, 3.63) is 71.4 Å². The first-order chi connectivity index (χ1) is 14.8. The standard InChI is InChI=1S/C21H19F3N6O/c1-13-17(12-28-30(13)19-5-2-15(10-27-19)21(22,23)24)20(31)29-16-3-4-18(26-11-16)14-6-8-25-9-7-14/h2-6,10-12,25H,7-9H2,1H3,(H,29,31). The van der Waals surface area contributed by atoms with Gasteiger partial charge in [-0.2, -0.15) is 18.3 Å². The van der Waals surface area contributed by atoms with Crippen LogP contribution >= 0.6 is 0 Å². The lowest BCUT2D eigenvalue weighted by atomic mass is 10.1. The van der Waals surface area contributed by atoms with Crippen molar-refractivity contribution in [2.45, 2.75) is 19.5 Å². The van der Waals surface area contributed by atoms with Crippen molar-refractivity contribution >= 4 is 17.2 Å². The van der Waals surface area contributed by atoms with E-state index in [1.54, 1.807) is 19.2 Å². The molecule has 0 saturated carbocycles. The highest BCUT2D eigenvalue weighted by Gasteiger charge is 2.30. The molecule has 0 aromatic carbocycles. The summed E-state index contributed by atoms with van der Waals surface area (Å²) in [5.41, 5.74) is 2.45. The van der Waals surface area contributed by atoms with Crippen molar-refractivity contribution in [1.82, 2.24) is 25.1 Å². The van der Waals surface area contributed by atoms with Crippen molar-refractivity contribution in [2.24, 2.45) is 0 Å². The molecular formula is C21H19F3N6O. The van der Waals surface area contributed by atoms with E-state index in [4.69, 9.17) is 0 Å². The van der Waals surface area contributed by atoms with Crippen LogP contribution in [-0.2, 0) is 6.18 Å². The highest BCUT2D eigenvalue weighted by Crippen LogP contribution is 2.29. The maximum Gasteiger partial charge on any atom is 0.417 e. The summed E-state index contributed by atoms with van der Waals surface area (Å²) in [7, 11) is 0. The molecule has 0 radical (unpaired) electrons. The Morgan fingerprint density at radius 2 is 1.97 bits per heavy atom. The van der Waals surface area contributed by atoms with E-state index in [-0.39, 0.29) is 11.4 Å². The Bertz CT molecular complexity index is 1120. The second-order valence-electron chi connectivity index (χ2n) is 7.03. The summed E-state index contributed by atoms with van der Waals surface area (Å²) in [6.45, 7) is 3.36. The van der Waals surface area contributed by atoms with Gasteiger partial charge in [-0.3, -0.25) is 9.78 Å². The van der Waals surface area contributed by atoms with Gasteiger partial charge in [-0.25, -0.2) is 9.67 Å². The van der Waals surface area contributed by atoms with Gasteiger partial charge in [0.25, 0.3) is 5.91 Å². The molecule has 3 aromatic rings. The number of halogens is 3. The monoisotopic (exact) mass is 428 g/mol. The molecule has 4 heterocycles. The van der Waals surface area contributed by atoms with Crippen molar-refractivity contribution in [2.75, 3.05) is 18.4 Å². The number of carbonyl (C=O) groups excluding carboxylic acids is 1. The van der Waals surface area contributed by atoms with Gasteiger partial charge >= 0.3 is 6.18 Å². The van der Waals surface area contributed by atoms with E-state index in [2.05, 4.69) is 31.8 Å². The van der Waals surface area contributed by atoms with E-state index < -0.39 is 17.6 Å². The number of rotatable bonds is 4. The molecule has 10 heteroatoms. The Hall–Kier alpha value is -3.53. The van der Waals surface area contributed by atoms with Gasteiger partial charge in [0.2, 0.25) is 0 Å². The number of nitrogens with zero attached hydrogens (tertiary/aromatic N) is 4. The topological polar surface area (TPSA) is 84.7 Å². The average Bonchev–Trinajstić information content (AvgIpc) is 3.16. The Balaban J connectivity index is 1.48. The van der Waals surface area contributed by atoms with Crippen molar-refractivity contribution in [3.63, 3.8) is 0 Å². The van der Waals surface area contributed by atoms with Gasteiger partial charge in [-0.05, 0) is 49.7 Å². The van der Waals surface area contributed by atoms with Crippen LogP contribution in [0.5, 0.6) is 0 Å². The fraction of sp³-hybridized carbons (Fsp3) is 0.238. The van der Waals surface area contributed by atoms with Crippen LogP contribution in [0.25, 0.3) is 11.4 Å². The SMILES string of the molecule is Cc1c(C(=O)Nc2ccc(C3=CCNCC3)nc2)cnn1-c1ccc(C(F)(F)F)cn1. The molecule has 0 saturated heterocycles. The number of carbonyl (C=O) groups is 1. The van der Waals surface area contributed by atoms with E-state index in [0.29, 0.717) is 11.4 Å². The summed E-state index contributed by atoms with van der Waals surface area (Å²) in [5.74, 6) is -0.211. The molecule has 1 amide bonds. The van der Waals surface area contributed by atoms with Gasteiger partial charge in [-0.15, -0.1) is 0 Å². The average molecular weight is 428 g/mol. The Morgan fingerprint density at radius 1 is 1.13 bits per heavy atom. The summed E-state index contributed by atoms with van der Waals surface area (Å²) in [5, 5.41) is 10.1. The lowest BCUT2D eigenvalue weighted by Crippen LogP contribution is -2.20. The van der Waals surface area contributed by atoms with Crippen molar-refractivity contribution in [1.29, 1.82) is 0 Å². The number of amides is 1. The van der Waals surface area contributed by atoms with Gasteiger partial charge in [0, 0.05) is 12.7 Å². The highest BCUT2D eigenvalue weighted by atomic mass is 19.4. The number of aromatic nitrogens is 4. The van der Waals surface area contributed by atoms with Crippen LogP contribution in [0.4, 0.5) is 18.9 Å². The maximum atomic E-state index is 12.7. The lowest BCUT2D eigenvalue weighted by Gasteiger charge is -2.13. The number of anilines is 1. The Labute approximate surface area is 176 Å². The van der Waals surface area contributed by atoms with Gasteiger partial charge in [0.1, 0.15) is 0 Å². The molecule has 7 nitrogen and oxygen atoms in total. The van der Waals surface area contributed by atoms with Gasteiger partial charge in [-0.1, -0.05) is 6.08 Å². The fourth-order valence-corrected chi connectivity index (χ4v) is 3.25. The summed E-state index contributed by atoms with van der Waals surface area (Å²) < 4.78 is 39.5. The van der Waals surface area contributed by atoms with Gasteiger partial charge in [0.05, 0.1) is 40.6 Å². The number of hydrogen-bond acceptors (Lipinski definition) is 5. The maximum absolute atomic E-state index is 12.7. The number of hydrogen-bond donors (Lipinski definition) is 2. The first-order valence-corrected chi connectivity index (χ1v) is 9.59. The van der Waals surface area contributed by atoms with Crippen LogP contribution in [-0.4, -0.2) is 38.7 Å². The minimum atomic E-state index is -4.47. The molecule has 160 valence electrons. The first kappa shape index (κ1) is 20.7. The molecule has 31 heavy (non-hydrogen) atoms. The molecule has 1 aliphatic rings. The zero-order chi connectivity index (χ0) is 22.0. The molecule has 0 fully saturated rings. The molecule has 3 aromatic heterocycles. The number of nitrogens with one attached hydrogen (secondary N) is 2. The smallest absolute Gasteiger partial charge is 0.320 e. The second kappa shape index (κ2) is 8.31. The fourth-order valence-electron chi connectivity index (χ4n) is 3.25. The largest absolute Gasteiger partial charge is 0.417 e. The minimum Gasteiger partial charge on any atom is -0.320 e. The Morgan fingerprint density at radius 3 is 2.58 bits per heavy atom. The van der Waals surface area contributed by atoms with Crippen LogP contribution in [0.1, 0.15) is 33.7 Å². The summed E-state index contributed by atoms with van der Waals surface area (Å²) in [4.78, 5) is 20.9. The molecule has 0 unspecified atom stereocenters. The van der Waals surface area contributed by atoms with Crippen LogP contribution in [0, 0.1) is 6.92 Å². The predicted molar refractivity (Wildman–Crippen MR) is 109 cm³/mol. The summed E-state index contributed by atoms with van der Waals surface area (Å²) in [6, 6.07) is 5.77. The third-order valence-electron chi connectivity index (χ3n) is 4.96. The normalized spacial score (nSPS) is 14.3. The third kappa shape index (κ3) is 4.48. The summed E-state index contributed by atoms with van der Waals surface area (Å²) >= 11 is 0. The molecule has 0 atom stereocenters. The lowest BCUT2D eigenvalue weighted by molar-refractivity contribution is -0.137. The second-order valence-corrected chi connectivity index (χ2v) is 7.03. The van der Waals surface area contributed by atoms with E-state index in [0.717, 1.165) is 43.0 Å². The van der Waals surface area contributed by atoms with Crippen molar-refractivity contribution < 1.29 is 18.0 Å². The van der Waals surface area contributed by atoms with Crippen LogP contribution < -0.4 is 10.6 Å². The molecule has 0 bridgehead atoms. The van der Waals surface area contributed by atoms with E-state index >= 15 is 0 Å². The highest BCUT2D eigenvalue weighted by molar-refractivity contribution is 6.04. The minimum absolute atomic E-state index is 0.186. The van der Waals surface area contributed by atoms with E-state index in [9.17, 15) is 18.0 Å². The van der Waals surface area contributed by atoms with E-state index in [1.165, 1.54) is 16.9 Å². The molecule has 2 N–H and O–H groups in total. The quantitative estimate of drug-likeness (QED) is 0.663. The van der Waals surface area contributed by atoms with Gasteiger partial charge < -0.3 is 10.6 Å². The number of alkyl halides is 3. The third-order valence-corrected chi connectivity index (χ3v) is 4.96. The molecule has 1 aliphatic heterocycles. The first-order valence-electron chi connectivity index (χ1n) is 9.59. The van der Waals surface area contributed by atoms with Gasteiger partial charge in [0.15, 0.2) is 5.82 Å². The van der Waals surface area contributed by atoms with Crippen molar-refractivity contribution in [3.8, 4) is 5.82 Å². The Kier molecular flexibility index (Phi) is 5.55. The van der Waals surface area contributed by atoms with Crippen LogP contribution in [0.3, 0.4) is 0 Å². The van der Waals surface area contributed by atoms with Crippen LogP contribution in [0.15, 0.2) is 48.9 Å². The zero-order valence-corrected chi connectivity index (χ0v) is 16.6. The predicted octanol–water partition coefficient (Wildman–Crippen LogP) is 3.62.